The summed E-state index contributed by atoms with van der Waals surface area (Å²) in [7, 11) is 0. The van der Waals surface area contributed by atoms with Crippen molar-refractivity contribution >= 4 is 15.9 Å². The van der Waals surface area contributed by atoms with Crippen LogP contribution in [0.25, 0.3) is 11.4 Å². The molecule has 2 aromatic rings. The third-order valence-corrected chi connectivity index (χ3v) is 3.83. The molecule has 86 valence electrons. The Bertz CT molecular complexity index is 518. The van der Waals surface area contributed by atoms with Crippen LogP contribution in [0.1, 0.15) is 30.9 Å². The quantitative estimate of drug-likeness (QED) is 0.829. The number of benzene rings is 1. The van der Waals surface area contributed by atoms with Gasteiger partial charge in [0.15, 0.2) is 5.82 Å². The van der Waals surface area contributed by atoms with E-state index >= 15 is 0 Å². The molecule has 1 aromatic heterocycles. The van der Waals surface area contributed by atoms with E-state index in [1.54, 1.807) is 0 Å². The van der Waals surface area contributed by atoms with Crippen molar-refractivity contribution in [3.05, 3.63) is 46.7 Å². The highest BCUT2D eigenvalue weighted by Gasteiger charge is 2.21. The monoisotopic (exact) mass is 288 g/mol. The van der Waals surface area contributed by atoms with Gasteiger partial charge in [-0.15, -0.1) is 0 Å². The highest BCUT2D eigenvalue weighted by Crippen LogP contribution is 2.35. The summed E-state index contributed by atoms with van der Waals surface area (Å²) in [4.78, 5) is 9.02. The van der Waals surface area contributed by atoms with Crippen molar-refractivity contribution in [1.82, 2.24) is 9.97 Å². The molecule has 0 bridgehead atoms. The first-order valence-electron chi connectivity index (χ1n) is 5.92. The van der Waals surface area contributed by atoms with E-state index in [9.17, 15) is 0 Å². The van der Waals surface area contributed by atoms with E-state index in [1.165, 1.54) is 25.0 Å². The second kappa shape index (κ2) is 4.57. The van der Waals surface area contributed by atoms with Crippen LogP contribution < -0.4 is 0 Å². The summed E-state index contributed by atoms with van der Waals surface area (Å²) in [5.74, 6) is 1.49. The molecule has 1 fully saturated rings. The van der Waals surface area contributed by atoms with E-state index < -0.39 is 0 Å². The molecule has 1 aliphatic carbocycles. The third-order valence-electron chi connectivity index (χ3n) is 3.30. The van der Waals surface area contributed by atoms with E-state index in [0.29, 0.717) is 5.92 Å². The lowest BCUT2D eigenvalue weighted by Crippen LogP contribution is -2.11. The molecule has 1 heterocycles. The molecule has 1 aromatic carbocycles. The molecule has 3 rings (SSSR count). The summed E-state index contributed by atoms with van der Waals surface area (Å²) < 4.78 is 1.08. The molecule has 0 N–H and O–H groups in total. The Morgan fingerprint density at radius 1 is 1.06 bits per heavy atom. The maximum atomic E-state index is 4.67. The van der Waals surface area contributed by atoms with Crippen LogP contribution >= 0.6 is 15.9 Å². The van der Waals surface area contributed by atoms with E-state index in [0.717, 1.165) is 15.9 Å². The lowest BCUT2D eigenvalue weighted by Gasteiger charge is -2.24. The minimum atomic E-state index is 0.659. The maximum absolute atomic E-state index is 4.67. The number of rotatable bonds is 2. The van der Waals surface area contributed by atoms with Crippen molar-refractivity contribution in [3.8, 4) is 11.4 Å². The lowest BCUT2D eigenvalue weighted by atomic mass is 9.83. The summed E-state index contributed by atoms with van der Waals surface area (Å²) in [6.07, 6.45) is 5.76. The fourth-order valence-electron chi connectivity index (χ4n) is 2.04. The number of halogens is 1. The molecule has 0 radical (unpaired) electrons. The Balaban J connectivity index is 1.94. The van der Waals surface area contributed by atoms with Gasteiger partial charge in [0.25, 0.3) is 0 Å². The van der Waals surface area contributed by atoms with Crippen molar-refractivity contribution in [2.45, 2.75) is 25.2 Å². The molecule has 0 amide bonds. The minimum absolute atomic E-state index is 0.659. The Hall–Kier alpha value is -1.22. The van der Waals surface area contributed by atoms with Gasteiger partial charge in [0, 0.05) is 27.8 Å². The zero-order chi connectivity index (χ0) is 11.7. The summed E-state index contributed by atoms with van der Waals surface area (Å²) in [6.45, 7) is 0. The number of aromatic nitrogens is 2. The zero-order valence-electron chi connectivity index (χ0n) is 9.44. The molecule has 1 aliphatic rings. The average Bonchev–Trinajstić information content (AvgIpc) is 2.28. The summed E-state index contributed by atoms with van der Waals surface area (Å²) in [5.41, 5.74) is 2.28. The fraction of sp³-hybridized carbons (Fsp3) is 0.286. The Morgan fingerprint density at radius 3 is 2.47 bits per heavy atom. The van der Waals surface area contributed by atoms with Crippen LogP contribution in [0.2, 0.25) is 0 Å². The van der Waals surface area contributed by atoms with Crippen molar-refractivity contribution in [2.24, 2.45) is 0 Å². The summed E-state index contributed by atoms with van der Waals surface area (Å²) in [5, 5.41) is 0. The topological polar surface area (TPSA) is 25.8 Å². The second-order valence-electron chi connectivity index (χ2n) is 4.44. The fourth-order valence-corrected chi connectivity index (χ4v) is 2.31. The van der Waals surface area contributed by atoms with Crippen molar-refractivity contribution in [3.63, 3.8) is 0 Å². The predicted octanol–water partition coefficient (Wildman–Crippen LogP) is 4.17. The smallest absolute Gasteiger partial charge is 0.159 e. The molecular formula is C14H13BrN2. The first kappa shape index (κ1) is 10.9. The number of nitrogens with zero attached hydrogens (tertiary/aromatic N) is 2. The first-order valence-corrected chi connectivity index (χ1v) is 6.71. The van der Waals surface area contributed by atoms with Gasteiger partial charge in [0.2, 0.25) is 0 Å². The Labute approximate surface area is 109 Å². The van der Waals surface area contributed by atoms with Crippen LogP contribution in [0, 0.1) is 0 Å². The zero-order valence-corrected chi connectivity index (χ0v) is 11.0. The van der Waals surface area contributed by atoms with Gasteiger partial charge in [-0.25, -0.2) is 9.97 Å². The third kappa shape index (κ3) is 2.25. The molecule has 0 aliphatic heterocycles. The minimum Gasteiger partial charge on any atom is -0.237 e. The summed E-state index contributed by atoms with van der Waals surface area (Å²) in [6, 6.07) is 10.2. The van der Waals surface area contributed by atoms with E-state index in [2.05, 4.69) is 25.9 Å². The average molecular weight is 289 g/mol. The molecule has 0 unspecified atom stereocenters. The van der Waals surface area contributed by atoms with Crippen LogP contribution in [-0.2, 0) is 0 Å². The largest absolute Gasteiger partial charge is 0.237 e. The van der Waals surface area contributed by atoms with Gasteiger partial charge in [-0.2, -0.15) is 0 Å². The van der Waals surface area contributed by atoms with E-state index in [4.69, 9.17) is 0 Å². The molecule has 17 heavy (non-hydrogen) atoms. The van der Waals surface area contributed by atoms with Gasteiger partial charge in [0.1, 0.15) is 0 Å². The van der Waals surface area contributed by atoms with Gasteiger partial charge < -0.3 is 0 Å². The predicted molar refractivity (Wildman–Crippen MR) is 71.8 cm³/mol. The molecule has 3 heteroatoms. The first-order chi connectivity index (χ1) is 8.33. The van der Waals surface area contributed by atoms with E-state index in [1.807, 2.05) is 36.5 Å². The van der Waals surface area contributed by atoms with Gasteiger partial charge >= 0.3 is 0 Å². The van der Waals surface area contributed by atoms with Crippen LogP contribution in [-0.4, -0.2) is 9.97 Å². The highest BCUT2D eigenvalue weighted by molar-refractivity contribution is 9.10. The molecule has 1 saturated carbocycles. The molecule has 2 nitrogen and oxygen atoms in total. The Morgan fingerprint density at radius 2 is 1.82 bits per heavy atom. The van der Waals surface area contributed by atoms with Crippen LogP contribution in [0.3, 0.4) is 0 Å². The van der Waals surface area contributed by atoms with Crippen molar-refractivity contribution in [2.75, 3.05) is 0 Å². The SMILES string of the molecule is Brc1ccc(-c2nccc(C3CCC3)n2)cc1. The second-order valence-corrected chi connectivity index (χ2v) is 5.36. The number of hydrogen-bond donors (Lipinski definition) is 0. The molecular weight excluding hydrogens is 276 g/mol. The van der Waals surface area contributed by atoms with Gasteiger partial charge in [0.05, 0.1) is 0 Å². The Kier molecular flexibility index (Phi) is 2.93. The van der Waals surface area contributed by atoms with Crippen LogP contribution in [0.15, 0.2) is 41.0 Å². The van der Waals surface area contributed by atoms with Gasteiger partial charge in [-0.3, -0.25) is 0 Å². The normalized spacial score (nSPS) is 15.6. The van der Waals surface area contributed by atoms with Gasteiger partial charge in [-0.05, 0) is 31.0 Å². The standard InChI is InChI=1S/C14H13BrN2/c15-12-6-4-11(5-7-12)14-16-9-8-13(17-14)10-2-1-3-10/h4-10H,1-3H2. The molecule has 0 saturated heterocycles. The van der Waals surface area contributed by atoms with Crippen LogP contribution in [0.5, 0.6) is 0 Å². The van der Waals surface area contributed by atoms with Crippen LogP contribution in [0.4, 0.5) is 0 Å². The number of hydrogen-bond acceptors (Lipinski definition) is 2. The lowest BCUT2D eigenvalue weighted by molar-refractivity contribution is 0.411. The molecule has 0 spiro atoms. The van der Waals surface area contributed by atoms with Gasteiger partial charge in [-0.1, -0.05) is 34.5 Å². The highest BCUT2D eigenvalue weighted by atomic mass is 79.9. The van der Waals surface area contributed by atoms with E-state index in [-0.39, 0.29) is 0 Å². The summed E-state index contributed by atoms with van der Waals surface area (Å²) >= 11 is 3.44. The van der Waals surface area contributed by atoms with Crippen molar-refractivity contribution < 1.29 is 0 Å². The maximum Gasteiger partial charge on any atom is 0.159 e. The van der Waals surface area contributed by atoms with Crippen molar-refractivity contribution in [1.29, 1.82) is 0 Å². The molecule has 0 atom stereocenters.